The van der Waals surface area contributed by atoms with E-state index in [0.29, 0.717) is 5.56 Å². The molecule has 0 unspecified atom stereocenters. The zero-order chi connectivity index (χ0) is 8.10. The van der Waals surface area contributed by atoms with Crippen molar-refractivity contribution in [2.24, 2.45) is 0 Å². The summed E-state index contributed by atoms with van der Waals surface area (Å²) in [6.07, 6.45) is 3.49. The summed E-state index contributed by atoms with van der Waals surface area (Å²) in [5.74, 6) is 0. The molecule has 1 aromatic rings. The second kappa shape index (κ2) is 5.55. The maximum atomic E-state index is 8.64. The van der Waals surface area contributed by atoms with Gasteiger partial charge in [-0.05, 0) is 5.56 Å². The second-order valence-electron chi connectivity index (χ2n) is 2.10. The van der Waals surface area contributed by atoms with E-state index in [4.69, 9.17) is 5.26 Å². The van der Waals surface area contributed by atoms with Gasteiger partial charge >= 0.3 is 18.9 Å². The van der Waals surface area contributed by atoms with Crippen molar-refractivity contribution in [3.63, 3.8) is 0 Å². The molecule has 0 amide bonds. The molecule has 1 aromatic carbocycles. The summed E-state index contributed by atoms with van der Waals surface area (Å²) in [4.78, 5) is 0. The predicted molar refractivity (Wildman–Crippen MR) is 44.8 cm³/mol. The molecule has 0 aromatic heterocycles. The first-order chi connectivity index (χ1) is 5.38. The Morgan fingerprint density at radius 1 is 1.42 bits per heavy atom. The van der Waals surface area contributed by atoms with Gasteiger partial charge in [0.2, 0.25) is 0 Å². The van der Waals surface area contributed by atoms with Crippen molar-refractivity contribution in [1.82, 2.24) is 0 Å². The minimum absolute atomic E-state index is 0. The third-order valence-corrected chi connectivity index (χ3v) is 1.38. The normalized spacial score (nSPS) is 7.58. The van der Waals surface area contributed by atoms with E-state index in [1.165, 1.54) is 0 Å². The topological polar surface area (TPSA) is 23.8 Å². The fourth-order valence-electron chi connectivity index (χ4n) is 0.871. The van der Waals surface area contributed by atoms with Crippen LogP contribution < -0.4 is 18.9 Å². The largest absolute Gasteiger partial charge is 1.00 e. The molecule has 0 N–H and O–H groups in total. The van der Waals surface area contributed by atoms with Crippen LogP contribution in [-0.2, 0) is 0 Å². The molecule has 1 rings (SSSR count). The summed E-state index contributed by atoms with van der Waals surface area (Å²) < 4.78 is 0. The van der Waals surface area contributed by atoms with Crippen LogP contribution in [0, 0.1) is 17.8 Å². The molecule has 0 radical (unpaired) electrons. The number of allylic oxidation sites excluding steroid dienone is 1. The van der Waals surface area contributed by atoms with Gasteiger partial charge in [-0.3, -0.25) is 0 Å². The van der Waals surface area contributed by atoms with E-state index < -0.39 is 0 Å². The summed E-state index contributed by atoms with van der Waals surface area (Å²) in [7, 11) is 0. The van der Waals surface area contributed by atoms with Crippen LogP contribution in [0.3, 0.4) is 0 Å². The smallest absolute Gasteiger partial charge is 0.204 e. The summed E-state index contributed by atoms with van der Waals surface area (Å²) in [6.45, 7) is 3.57. The predicted octanol–water partition coefficient (Wildman–Crippen LogP) is -0.699. The Hall–Kier alpha value is -1.08. The molecule has 0 saturated heterocycles. The van der Waals surface area contributed by atoms with Gasteiger partial charge in [-0.2, -0.15) is 12.7 Å². The number of nitrogens with zero attached hydrogens (tertiary/aromatic N) is 1. The van der Waals surface area contributed by atoms with Crippen LogP contribution in [0.2, 0.25) is 0 Å². The van der Waals surface area contributed by atoms with Gasteiger partial charge in [0.25, 0.3) is 0 Å². The third kappa shape index (κ3) is 2.51. The van der Waals surface area contributed by atoms with Crippen molar-refractivity contribution < 1.29 is 18.9 Å². The van der Waals surface area contributed by atoms with Gasteiger partial charge in [-0.25, -0.2) is 5.26 Å². The number of nitriles is 1. The van der Waals surface area contributed by atoms with Crippen LogP contribution in [0.4, 0.5) is 0 Å². The molecule has 0 atom stereocenters. The average molecular weight is 149 g/mol. The fraction of sp³-hybridized carbons (Fsp3) is 0. The molecule has 0 aliphatic rings. The van der Waals surface area contributed by atoms with Gasteiger partial charge < -0.3 is 0 Å². The Morgan fingerprint density at radius 3 is 2.67 bits per heavy atom. The summed E-state index contributed by atoms with van der Waals surface area (Å²) >= 11 is 0. The zero-order valence-electron chi connectivity index (χ0n) is 7.12. The molecule has 0 aliphatic carbocycles. The number of hydrogen-bond donors (Lipinski definition) is 0. The van der Waals surface area contributed by atoms with Crippen molar-refractivity contribution in [2.45, 2.75) is 0 Å². The Balaban J connectivity index is 0.00000121. The molecule has 54 valence electrons. The van der Waals surface area contributed by atoms with Crippen LogP contribution in [0.25, 0.3) is 0 Å². The van der Waals surface area contributed by atoms with E-state index >= 15 is 0 Å². The maximum absolute atomic E-state index is 8.64. The van der Waals surface area contributed by atoms with E-state index in [1.54, 1.807) is 12.1 Å². The molecule has 1 nitrogen and oxygen atoms in total. The van der Waals surface area contributed by atoms with E-state index in [2.05, 4.69) is 12.6 Å². The number of benzene rings is 1. The Bertz CT molecular complexity index is 299. The van der Waals surface area contributed by atoms with Gasteiger partial charge in [-0.15, -0.1) is 24.1 Å². The van der Waals surface area contributed by atoms with Crippen LogP contribution in [-0.4, -0.2) is 0 Å². The monoisotopic (exact) mass is 149 g/mol. The van der Waals surface area contributed by atoms with Gasteiger partial charge in [0.15, 0.2) is 0 Å². The zero-order valence-corrected chi connectivity index (χ0v) is 7.12. The van der Waals surface area contributed by atoms with Crippen molar-refractivity contribution in [3.05, 3.63) is 54.5 Å². The first-order valence-electron chi connectivity index (χ1n) is 3.33. The molecule has 0 aliphatic heterocycles. The Morgan fingerprint density at radius 2 is 2.08 bits per heavy atom. The van der Waals surface area contributed by atoms with Crippen LogP contribution in [0.5, 0.6) is 0 Å². The minimum atomic E-state index is 0. The van der Waals surface area contributed by atoms with Crippen LogP contribution in [0.1, 0.15) is 11.1 Å². The second-order valence-corrected chi connectivity index (χ2v) is 2.10. The summed E-state index contributed by atoms with van der Waals surface area (Å²) in [5.41, 5.74) is 1.61. The standard InChI is InChI=1S/C10H8N.Li/c1-2-5-9-6-3-4-7-10(9)8-11;/h2-7H,1H2;/q-1;+1. The molecule has 0 saturated carbocycles. The molecule has 0 bridgehead atoms. The molecule has 12 heavy (non-hydrogen) atoms. The van der Waals surface area contributed by atoms with E-state index in [0.717, 1.165) is 5.56 Å². The third-order valence-electron chi connectivity index (χ3n) is 1.38. The molecule has 0 heterocycles. The van der Waals surface area contributed by atoms with Crippen molar-refractivity contribution in [3.8, 4) is 6.07 Å². The number of hydrogen-bond acceptors (Lipinski definition) is 1. The molecular formula is C10H8LiN. The van der Waals surface area contributed by atoms with Gasteiger partial charge in [-0.1, -0.05) is 12.1 Å². The SMILES string of the molecule is C=C[CH-]c1ccccc1C#N.[Li+]. The average Bonchev–Trinajstić information content (AvgIpc) is 2.06. The first kappa shape index (κ1) is 10.9. The van der Waals surface area contributed by atoms with E-state index in [1.807, 2.05) is 24.6 Å². The van der Waals surface area contributed by atoms with Gasteiger partial charge in [0, 0.05) is 6.07 Å². The van der Waals surface area contributed by atoms with Crippen molar-refractivity contribution in [2.75, 3.05) is 0 Å². The summed E-state index contributed by atoms with van der Waals surface area (Å²) in [6, 6.07) is 9.52. The van der Waals surface area contributed by atoms with Crippen molar-refractivity contribution >= 4 is 0 Å². The molecule has 2 heteroatoms. The molecule has 0 spiro atoms. The quantitative estimate of drug-likeness (QED) is 0.403. The van der Waals surface area contributed by atoms with E-state index in [9.17, 15) is 0 Å². The summed E-state index contributed by atoms with van der Waals surface area (Å²) in [5, 5.41) is 8.64. The molecule has 0 fully saturated rings. The van der Waals surface area contributed by atoms with Gasteiger partial charge in [0.1, 0.15) is 0 Å². The fourth-order valence-corrected chi connectivity index (χ4v) is 0.871. The Kier molecular flexibility index (Phi) is 5.05. The minimum Gasteiger partial charge on any atom is -0.204 e. The van der Waals surface area contributed by atoms with E-state index in [-0.39, 0.29) is 18.9 Å². The van der Waals surface area contributed by atoms with Crippen LogP contribution >= 0.6 is 0 Å². The first-order valence-corrected chi connectivity index (χ1v) is 3.33. The number of rotatable bonds is 2. The van der Waals surface area contributed by atoms with Crippen LogP contribution in [0.15, 0.2) is 36.9 Å². The Labute approximate surface area is 84.9 Å². The maximum Gasteiger partial charge on any atom is 1.00 e. The van der Waals surface area contributed by atoms with Gasteiger partial charge in [0.05, 0.1) is 0 Å². The van der Waals surface area contributed by atoms with Crippen molar-refractivity contribution in [1.29, 1.82) is 5.26 Å². The molecular weight excluding hydrogens is 141 g/mol.